The molecule has 0 radical (unpaired) electrons. The maximum atomic E-state index is 12.6. The number of carbonyl (C=O) groups is 1. The van der Waals surface area contributed by atoms with E-state index >= 15 is 0 Å². The van der Waals surface area contributed by atoms with Gasteiger partial charge in [0.2, 0.25) is 5.91 Å². The van der Waals surface area contributed by atoms with Crippen LogP contribution in [0.2, 0.25) is 0 Å². The molecule has 0 N–H and O–H groups in total. The number of benzene rings is 3. The van der Waals surface area contributed by atoms with Gasteiger partial charge in [-0.1, -0.05) is 30.3 Å². The highest BCUT2D eigenvalue weighted by atomic mass is 16.5. The Morgan fingerprint density at radius 2 is 1.58 bits per heavy atom. The summed E-state index contributed by atoms with van der Waals surface area (Å²) in [7, 11) is 4.88. The van der Waals surface area contributed by atoms with Crippen LogP contribution in [0.1, 0.15) is 16.7 Å². The quantitative estimate of drug-likeness (QED) is 0.649. The van der Waals surface area contributed by atoms with Crippen molar-refractivity contribution < 1.29 is 14.3 Å². The Balaban J connectivity index is 1.88. The first-order chi connectivity index (χ1) is 15.0. The molecule has 4 rings (SSSR count). The third-order valence-electron chi connectivity index (χ3n) is 5.33. The van der Waals surface area contributed by atoms with Crippen LogP contribution in [0.15, 0.2) is 65.7 Å². The molecule has 1 amide bonds. The summed E-state index contributed by atoms with van der Waals surface area (Å²) in [6.45, 7) is 0.0410. The summed E-state index contributed by atoms with van der Waals surface area (Å²) >= 11 is 0. The molecule has 1 aliphatic heterocycles. The molecule has 0 aliphatic carbocycles. The summed E-state index contributed by atoms with van der Waals surface area (Å²) in [6, 6.07) is 21.2. The standard InChI is InChI=1S/C25H21N3O3/c1-28-21-13-23(31-3)22(30-2)12-20(21)25(27-15-24(28)29)19-9-5-8-18(11-19)17-7-4-6-16(10-17)14-26/h4-13H,15H2,1-3H3. The molecule has 154 valence electrons. The summed E-state index contributed by atoms with van der Waals surface area (Å²) in [5.74, 6) is 1.00. The Hall–Kier alpha value is -4.11. The fraction of sp³-hybridized carbons (Fsp3) is 0.160. The number of anilines is 1. The summed E-state index contributed by atoms with van der Waals surface area (Å²) in [6.07, 6.45) is 0. The highest BCUT2D eigenvalue weighted by molar-refractivity contribution is 6.20. The molecule has 1 aliphatic rings. The number of fused-ring (bicyclic) bond motifs is 1. The topological polar surface area (TPSA) is 74.9 Å². The number of nitriles is 1. The lowest BCUT2D eigenvalue weighted by molar-refractivity contribution is -0.116. The SMILES string of the molecule is COc1cc2c(cc1OC)N(C)C(=O)CN=C2c1cccc(-c2cccc(C#N)c2)c1. The van der Waals surface area contributed by atoms with Gasteiger partial charge in [0, 0.05) is 24.2 Å². The van der Waals surface area contributed by atoms with Gasteiger partial charge in [0.25, 0.3) is 0 Å². The zero-order chi connectivity index (χ0) is 22.0. The minimum atomic E-state index is -0.110. The Bertz CT molecular complexity index is 1240. The lowest BCUT2D eigenvalue weighted by Gasteiger charge is -2.20. The van der Waals surface area contributed by atoms with Gasteiger partial charge in [0.1, 0.15) is 6.54 Å². The Labute approximate surface area is 181 Å². The second-order valence-electron chi connectivity index (χ2n) is 7.12. The molecule has 0 aromatic heterocycles. The molecule has 0 fully saturated rings. The lowest BCUT2D eigenvalue weighted by Crippen LogP contribution is -2.27. The van der Waals surface area contributed by atoms with E-state index in [-0.39, 0.29) is 12.5 Å². The van der Waals surface area contributed by atoms with Crippen LogP contribution >= 0.6 is 0 Å². The van der Waals surface area contributed by atoms with Crippen molar-refractivity contribution in [3.05, 3.63) is 77.4 Å². The van der Waals surface area contributed by atoms with Gasteiger partial charge >= 0.3 is 0 Å². The number of likely N-dealkylation sites (N-methyl/N-ethyl adjacent to an activating group) is 1. The van der Waals surface area contributed by atoms with Gasteiger partial charge in [-0.2, -0.15) is 5.26 Å². The number of hydrogen-bond donors (Lipinski definition) is 0. The third kappa shape index (κ3) is 3.74. The van der Waals surface area contributed by atoms with Gasteiger partial charge < -0.3 is 14.4 Å². The van der Waals surface area contributed by atoms with Gasteiger partial charge in [-0.05, 0) is 35.4 Å². The lowest BCUT2D eigenvalue weighted by atomic mass is 9.95. The van der Waals surface area contributed by atoms with E-state index in [1.807, 2.05) is 48.5 Å². The van der Waals surface area contributed by atoms with Crippen LogP contribution in [0.5, 0.6) is 11.5 Å². The Morgan fingerprint density at radius 3 is 2.29 bits per heavy atom. The van der Waals surface area contributed by atoms with Crippen LogP contribution in [0.4, 0.5) is 5.69 Å². The van der Waals surface area contributed by atoms with E-state index in [0.29, 0.717) is 28.5 Å². The van der Waals surface area contributed by atoms with Gasteiger partial charge in [0.05, 0.1) is 37.3 Å². The third-order valence-corrected chi connectivity index (χ3v) is 5.33. The summed E-state index contributed by atoms with van der Waals surface area (Å²) in [4.78, 5) is 18.8. The second-order valence-corrected chi connectivity index (χ2v) is 7.12. The van der Waals surface area contributed by atoms with E-state index in [0.717, 1.165) is 22.3 Å². The summed E-state index contributed by atoms with van der Waals surface area (Å²) in [5, 5.41) is 9.22. The molecule has 0 unspecified atom stereocenters. The maximum absolute atomic E-state index is 12.6. The molecule has 0 atom stereocenters. The number of methoxy groups -OCH3 is 2. The number of ether oxygens (including phenoxy) is 2. The highest BCUT2D eigenvalue weighted by Crippen LogP contribution is 2.37. The van der Waals surface area contributed by atoms with Crippen LogP contribution < -0.4 is 14.4 Å². The van der Waals surface area contributed by atoms with E-state index in [4.69, 9.17) is 9.47 Å². The number of amides is 1. The smallest absolute Gasteiger partial charge is 0.248 e. The Kier molecular flexibility index (Phi) is 5.42. The second kappa shape index (κ2) is 8.33. The first-order valence-corrected chi connectivity index (χ1v) is 9.74. The molecule has 3 aromatic carbocycles. The molecule has 0 saturated carbocycles. The fourth-order valence-electron chi connectivity index (χ4n) is 3.67. The number of nitrogens with zero attached hydrogens (tertiary/aromatic N) is 3. The molecular formula is C25H21N3O3. The largest absolute Gasteiger partial charge is 0.493 e. The normalized spacial score (nSPS) is 13.0. The number of rotatable bonds is 4. The first kappa shape index (κ1) is 20.2. The Morgan fingerprint density at radius 1 is 0.935 bits per heavy atom. The predicted octanol–water partition coefficient (Wildman–Crippen LogP) is 4.06. The number of hydrogen-bond acceptors (Lipinski definition) is 5. The zero-order valence-electron chi connectivity index (χ0n) is 17.5. The zero-order valence-corrected chi connectivity index (χ0v) is 17.5. The van der Waals surface area contributed by atoms with Gasteiger partial charge in [-0.25, -0.2) is 0 Å². The molecule has 6 heteroatoms. The molecule has 0 saturated heterocycles. The van der Waals surface area contributed by atoms with Crippen LogP contribution in [0.25, 0.3) is 11.1 Å². The molecule has 31 heavy (non-hydrogen) atoms. The van der Waals surface area contributed by atoms with E-state index < -0.39 is 0 Å². The van der Waals surface area contributed by atoms with Gasteiger partial charge in [-0.3, -0.25) is 9.79 Å². The van der Waals surface area contributed by atoms with Crippen LogP contribution in [-0.4, -0.2) is 39.4 Å². The molecular weight excluding hydrogens is 390 g/mol. The van der Waals surface area contributed by atoms with E-state index in [9.17, 15) is 10.1 Å². The van der Waals surface area contributed by atoms with E-state index in [1.54, 1.807) is 38.3 Å². The molecule has 6 nitrogen and oxygen atoms in total. The fourth-order valence-corrected chi connectivity index (χ4v) is 3.67. The summed E-state index contributed by atoms with van der Waals surface area (Å²) in [5.41, 5.74) is 5.57. The first-order valence-electron chi connectivity index (χ1n) is 9.74. The van der Waals surface area contributed by atoms with Crippen molar-refractivity contribution in [2.45, 2.75) is 0 Å². The molecule has 0 spiro atoms. The van der Waals surface area contributed by atoms with Crippen molar-refractivity contribution in [3.8, 4) is 28.7 Å². The van der Waals surface area contributed by atoms with E-state index in [2.05, 4.69) is 11.1 Å². The average Bonchev–Trinajstić information content (AvgIpc) is 2.94. The van der Waals surface area contributed by atoms with Crippen molar-refractivity contribution in [2.75, 3.05) is 32.7 Å². The van der Waals surface area contributed by atoms with Gasteiger partial charge in [0.15, 0.2) is 11.5 Å². The van der Waals surface area contributed by atoms with Crippen molar-refractivity contribution in [1.29, 1.82) is 5.26 Å². The minimum absolute atomic E-state index is 0.0410. The number of benzodiazepines with no additional fused rings is 1. The van der Waals surface area contributed by atoms with Crippen LogP contribution in [-0.2, 0) is 4.79 Å². The molecule has 3 aromatic rings. The molecule has 1 heterocycles. The van der Waals surface area contributed by atoms with Crippen molar-refractivity contribution in [2.24, 2.45) is 4.99 Å². The van der Waals surface area contributed by atoms with Crippen molar-refractivity contribution >= 4 is 17.3 Å². The maximum Gasteiger partial charge on any atom is 0.248 e. The average molecular weight is 411 g/mol. The van der Waals surface area contributed by atoms with Crippen molar-refractivity contribution in [1.82, 2.24) is 0 Å². The molecule has 0 bridgehead atoms. The highest BCUT2D eigenvalue weighted by Gasteiger charge is 2.25. The summed E-state index contributed by atoms with van der Waals surface area (Å²) < 4.78 is 10.9. The van der Waals surface area contributed by atoms with Crippen LogP contribution in [0, 0.1) is 11.3 Å². The van der Waals surface area contributed by atoms with Crippen molar-refractivity contribution in [3.63, 3.8) is 0 Å². The minimum Gasteiger partial charge on any atom is -0.493 e. The number of aliphatic imine (C=N–C) groups is 1. The van der Waals surface area contributed by atoms with Crippen LogP contribution in [0.3, 0.4) is 0 Å². The van der Waals surface area contributed by atoms with Gasteiger partial charge in [-0.15, -0.1) is 0 Å². The van der Waals surface area contributed by atoms with E-state index in [1.165, 1.54) is 0 Å². The predicted molar refractivity (Wildman–Crippen MR) is 120 cm³/mol. The number of carbonyl (C=O) groups excluding carboxylic acids is 1. The monoisotopic (exact) mass is 411 g/mol.